The molecule has 0 saturated carbocycles. The molecule has 7 nitrogen and oxygen atoms in total. The molecule has 1 aliphatic rings. The molecule has 0 bridgehead atoms. The highest BCUT2D eigenvalue weighted by Gasteiger charge is 2.33. The van der Waals surface area contributed by atoms with Crippen LogP contribution in [0.3, 0.4) is 0 Å². The number of hydrogen-bond acceptors (Lipinski definition) is 5. The van der Waals surface area contributed by atoms with Crippen LogP contribution in [0, 0.1) is 12.8 Å². The van der Waals surface area contributed by atoms with Crippen molar-refractivity contribution in [1.29, 1.82) is 0 Å². The third-order valence-electron chi connectivity index (χ3n) is 4.02. The molecule has 1 saturated heterocycles. The van der Waals surface area contributed by atoms with E-state index in [2.05, 4.69) is 10.5 Å². The minimum absolute atomic E-state index is 0.167. The summed E-state index contributed by atoms with van der Waals surface area (Å²) in [5.74, 6) is 0.299. The number of aromatic nitrogens is 1. The SMILES string of the molecule is Cc1cc(NC(=O)C2CCCN(S(=O)(=O)c3ccccc3)C2)no1. The highest BCUT2D eigenvalue weighted by Crippen LogP contribution is 2.24. The van der Waals surface area contributed by atoms with Crippen LogP contribution >= 0.6 is 0 Å². The van der Waals surface area contributed by atoms with Gasteiger partial charge in [-0.3, -0.25) is 4.79 Å². The average Bonchev–Trinajstić information content (AvgIpc) is 3.00. The van der Waals surface area contributed by atoms with Crippen LogP contribution in [-0.4, -0.2) is 36.9 Å². The minimum Gasteiger partial charge on any atom is -0.360 e. The van der Waals surface area contributed by atoms with E-state index in [-0.39, 0.29) is 17.3 Å². The number of aryl methyl sites for hydroxylation is 1. The number of nitrogens with one attached hydrogen (secondary N) is 1. The van der Waals surface area contributed by atoms with E-state index in [0.29, 0.717) is 31.0 Å². The van der Waals surface area contributed by atoms with Gasteiger partial charge in [0.05, 0.1) is 10.8 Å². The molecular formula is C16H19N3O4S. The first-order valence-electron chi connectivity index (χ1n) is 7.76. The van der Waals surface area contributed by atoms with E-state index < -0.39 is 15.9 Å². The second kappa shape index (κ2) is 6.74. The second-order valence-electron chi connectivity index (χ2n) is 5.83. The molecule has 1 unspecified atom stereocenters. The van der Waals surface area contributed by atoms with Crippen molar-refractivity contribution < 1.29 is 17.7 Å². The van der Waals surface area contributed by atoms with E-state index in [4.69, 9.17) is 4.52 Å². The van der Waals surface area contributed by atoms with Gasteiger partial charge >= 0.3 is 0 Å². The van der Waals surface area contributed by atoms with Crippen molar-refractivity contribution in [1.82, 2.24) is 9.46 Å². The molecule has 1 amide bonds. The van der Waals surface area contributed by atoms with E-state index in [9.17, 15) is 13.2 Å². The van der Waals surface area contributed by atoms with Gasteiger partial charge in [0.25, 0.3) is 0 Å². The lowest BCUT2D eigenvalue weighted by atomic mass is 9.99. The lowest BCUT2D eigenvalue weighted by Crippen LogP contribution is -2.43. The number of sulfonamides is 1. The highest BCUT2D eigenvalue weighted by atomic mass is 32.2. The molecule has 0 radical (unpaired) electrons. The van der Waals surface area contributed by atoms with Crippen LogP contribution in [0.4, 0.5) is 5.82 Å². The highest BCUT2D eigenvalue weighted by molar-refractivity contribution is 7.89. The Labute approximate surface area is 140 Å². The number of benzene rings is 1. The molecule has 3 rings (SSSR count). The minimum atomic E-state index is -3.58. The fourth-order valence-electron chi connectivity index (χ4n) is 2.77. The topological polar surface area (TPSA) is 92.5 Å². The Morgan fingerprint density at radius 2 is 2.08 bits per heavy atom. The summed E-state index contributed by atoms with van der Waals surface area (Å²) in [5.41, 5.74) is 0. The van der Waals surface area contributed by atoms with Crippen molar-refractivity contribution in [3.8, 4) is 0 Å². The smallest absolute Gasteiger partial charge is 0.243 e. The van der Waals surface area contributed by atoms with E-state index in [1.54, 1.807) is 43.3 Å². The Balaban J connectivity index is 1.71. The van der Waals surface area contributed by atoms with E-state index in [1.807, 2.05) is 0 Å². The largest absolute Gasteiger partial charge is 0.360 e. The number of nitrogens with zero attached hydrogens (tertiary/aromatic N) is 2. The van der Waals surface area contributed by atoms with Gasteiger partial charge in [-0.1, -0.05) is 23.4 Å². The van der Waals surface area contributed by atoms with E-state index in [1.165, 1.54) is 4.31 Å². The molecule has 1 aromatic heterocycles. The van der Waals surface area contributed by atoms with Gasteiger partial charge < -0.3 is 9.84 Å². The second-order valence-corrected chi connectivity index (χ2v) is 7.77. The zero-order valence-corrected chi connectivity index (χ0v) is 14.1. The van der Waals surface area contributed by atoms with Gasteiger partial charge in [-0.25, -0.2) is 8.42 Å². The number of rotatable bonds is 4. The standard InChI is InChI=1S/C16H19N3O4S/c1-12-10-15(18-23-12)17-16(20)13-6-5-9-19(11-13)24(21,22)14-7-3-2-4-8-14/h2-4,7-8,10,13H,5-6,9,11H2,1H3,(H,17,18,20). The fraction of sp³-hybridized carbons (Fsp3) is 0.375. The van der Waals surface area contributed by atoms with Gasteiger partial charge in [-0.15, -0.1) is 0 Å². The summed E-state index contributed by atoms with van der Waals surface area (Å²) in [6.45, 7) is 2.32. The van der Waals surface area contributed by atoms with Crippen molar-refractivity contribution >= 4 is 21.7 Å². The molecule has 8 heteroatoms. The van der Waals surface area contributed by atoms with Crippen molar-refractivity contribution in [2.75, 3.05) is 18.4 Å². The van der Waals surface area contributed by atoms with Gasteiger partial charge in [-0.2, -0.15) is 4.31 Å². The van der Waals surface area contributed by atoms with Gasteiger partial charge in [-0.05, 0) is 31.9 Å². The van der Waals surface area contributed by atoms with Crippen molar-refractivity contribution in [2.24, 2.45) is 5.92 Å². The van der Waals surface area contributed by atoms with Gasteiger partial charge in [0.15, 0.2) is 5.82 Å². The van der Waals surface area contributed by atoms with Gasteiger partial charge in [0, 0.05) is 19.2 Å². The lowest BCUT2D eigenvalue weighted by molar-refractivity contribution is -0.120. The van der Waals surface area contributed by atoms with Crippen LogP contribution in [0.5, 0.6) is 0 Å². The summed E-state index contributed by atoms with van der Waals surface area (Å²) in [6.07, 6.45) is 1.28. The molecule has 128 valence electrons. The fourth-order valence-corrected chi connectivity index (χ4v) is 4.31. The summed E-state index contributed by atoms with van der Waals surface area (Å²) in [6, 6.07) is 9.90. The maximum atomic E-state index is 12.7. The van der Waals surface area contributed by atoms with Crippen LogP contribution in [-0.2, 0) is 14.8 Å². The Morgan fingerprint density at radius 1 is 1.33 bits per heavy atom. The molecule has 2 aromatic rings. The Morgan fingerprint density at radius 3 is 2.75 bits per heavy atom. The van der Waals surface area contributed by atoms with Gasteiger partial charge in [0.2, 0.25) is 15.9 Å². The molecule has 2 heterocycles. The third kappa shape index (κ3) is 3.49. The Hall–Kier alpha value is -2.19. The quantitative estimate of drug-likeness (QED) is 0.911. The lowest BCUT2D eigenvalue weighted by Gasteiger charge is -2.31. The Kier molecular flexibility index (Phi) is 4.68. The maximum absolute atomic E-state index is 12.7. The number of carbonyl (C=O) groups is 1. The molecular weight excluding hydrogens is 330 g/mol. The number of piperidine rings is 1. The van der Waals surface area contributed by atoms with E-state index in [0.717, 1.165) is 0 Å². The molecule has 1 N–H and O–H groups in total. The molecule has 0 aliphatic carbocycles. The predicted octanol–water partition coefficient (Wildman–Crippen LogP) is 2.02. The number of hydrogen-bond donors (Lipinski definition) is 1. The van der Waals surface area contributed by atoms with Crippen LogP contribution in [0.15, 0.2) is 45.8 Å². The van der Waals surface area contributed by atoms with Crippen molar-refractivity contribution in [3.05, 3.63) is 42.2 Å². The summed E-state index contributed by atoms with van der Waals surface area (Å²) < 4.78 is 31.7. The molecule has 1 aromatic carbocycles. The number of amides is 1. The van der Waals surface area contributed by atoms with Crippen LogP contribution < -0.4 is 5.32 Å². The predicted molar refractivity (Wildman–Crippen MR) is 87.8 cm³/mol. The number of carbonyl (C=O) groups excluding carboxylic acids is 1. The van der Waals surface area contributed by atoms with Crippen molar-refractivity contribution in [3.63, 3.8) is 0 Å². The first-order chi connectivity index (χ1) is 11.5. The average molecular weight is 349 g/mol. The molecule has 1 aliphatic heterocycles. The van der Waals surface area contributed by atoms with Gasteiger partial charge in [0.1, 0.15) is 5.76 Å². The third-order valence-corrected chi connectivity index (χ3v) is 5.89. The summed E-state index contributed by atoms with van der Waals surface area (Å²) in [5, 5.41) is 6.41. The zero-order chi connectivity index (χ0) is 17.2. The van der Waals surface area contributed by atoms with Crippen LogP contribution in [0.1, 0.15) is 18.6 Å². The maximum Gasteiger partial charge on any atom is 0.243 e. The normalized spacial score (nSPS) is 19.1. The van der Waals surface area contributed by atoms with Crippen LogP contribution in [0.25, 0.3) is 0 Å². The monoisotopic (exact) mass is 349 g/mol. The molecule has 24 heavy (non-hydrogen) atoms. The molecule has 0 spiro atoms. The molecule has 1 atom stereocenters. The first kappa shape index (κ1) is 16.7. The summed E-state index contributed by atoms with van der Waals surface area (Å²) in [4.78, 5) is 12.6. The summed E-state index contributed by atoms with van der Waals surface area (Å²) >= 11 is 0. The number of anilines is 1. The Bertz CT molecular complexity index is 817. The van der Waals surface area contributed by atoms with Crippen LogP contribution in [0.2, 0.25) is 0 Å². The zero-order valence-electron chi connectivity index (χ0n) is 13.3. The first-order valence-corrected chi connectivity index (χ1v) is 9.20. The van der Waals surface area contributed by atoms with E-state index >= 15 is 0 Å². The molecule has 1 fully saturated rings. The van der Waals surface area contributed by atoms with Crippen molar-refractivity contribution in [2.45, 2.75) is 24.7 Å². The summed E-state index contributed by atoms with van der Waals surface area (Å²) in [7, 11) is -3.58.